The normalized spacial score (nSPS) is 21.3. The molecule has 1 saturated heterocycles. The number of methoxy groups -OCH3 is 1. The van der Waals surface area contributed by atoms with Crippen molar-refractivity contribution >= 4 is 23.2 Å². The van der Waals surface area contributed by atoms with E-state index in [-0.39, 0.29) is 36.3 Å². The number of nitrogens with zero attached hydrogens (tertiary/aromatic N) is 1. The number of ether oxygens (including phenoxy) is 2. The Bertz CT molecular complexity index is 1100. The van der Waals surface area contributed by atoms with Crippen LogP contribution in [-0.4, -0.2) is 54.8 Å². The number of aromatic nitrogens is 1. The van der Waals surface area contributed by atoms with E-state index in [4.69, 9.17) is 14.6 Å². The first-order valence-corrected chi connectivity index (χ1v) is 11.4. The van der Waals surface area contributed by atoms with Crippen molar-refractivity contribution in [1.29, 1.82) is 0 Å². The molecule has 3 heterocycles. The van der Waals surface area contributed by atoms with Gasteiger partial charge in [-0.15, -0.1) is 0 Å². The lowest BCUT2D eigenvalue weighted by Gasteiger charge is -2.23. The van der Waals surface area contributed by atoms with Crippen molar-refractivity contribution in [2.45, 2.75) is 45.1 Å². The van der Waals surface area contributed by atoms with E-state index < -0.39 is 11.5 Å². The van der Waals surface area contributed by atoms with Crippen LogP contribution in [0.25, 0.3) is 0 Å². The van der Waals surface area contributed by atoms with Crippen LogP contribution in [0, 0.1) is 5.41 Å². The maximum absolute atomic E-state index is 13.1. The number of benzene rings is 1. The zero-order chi connectivity index (χ0) is 24.5. The molecule has 4 N–H and O–H groups in total. The van der Waals surface area contributed by atoms with Gasteiger partial charge >= 0.3 is 0 Å². The summed E-state index contributed by atoms with van der Waals surface area (Å²) in [5.41, 5.74) is 2.68. The van der Waals surface area contributed by atoms with Crippen molar-refractivity contribution in [2.75, 3.05) is 37.5 Å². The molecule has 2 aromatic rings. The molecule has 2 atom stereocenters. The maximum Gasteiger partial charge on any atom is 0.241 e. The van der Waals surface area contributed by atoms with Gasteiger partial charge in [0.15, 0.2) is 0 Å². The first kappa shape index (κ1) is 24.0. The summed E-state index contributed by atoms with van der Waals surface area (Å²) in [6.07, 6.45) is 2.70. The number of aliphatic hydroxyl groups is 1. The highest BCUT2D eigenvalue weighted by molar-refractivity contribution is 6.08. The summed E-state index contributed by atoms with van der Waals surface area (Å²) in [4.78, 5) is 30.3. The molecule has 9 heteroatoms. The summed E-state index contributed by atoms with van der Waals surface area (Å²) in [7, 11) is 1.48. The Kier molecular flexibility index (Phi) is 6.51. The molecule has 2 unspecified atom stereocenters. The lowest BCUT2D eigenvalue weighted by Crippen LogP contribution is -2.36. The second-order valence-corrected chi connectivity index (χ2v) is 10.1. The number of anilines is 2. The van der Waals surface area contributed by atoms with Gasteiger partial charge in [0.1, 0.15) is 18.0 Å². The number of nitrogens with one attached hydrogen (secondary N) is 3. The van der Waals surface area contributed by atoms with Crippen LogP contribution in [0.3, 0.4) is 0 Å². The van der Waals surface area contributed by atoms with Crippen LogP contribution in [0.15, 0.2) is 30.5 Å². The van der Waals surface area contributed by atoms with Gasteiger partial charge in [-0.3, -0.25) is 9.59 Å². The minimum Gasteiger partial charge on any atom is -0.494 e. The van der Waals surface area contributed by atoms with Crippen molar-refractivity contribution in [3.8, 4) is 11.6 Å². The second kappa shape index (κ2) is 9.23. The molecule has 0 bridgehead atoms. The predicted octanol–water partition coefficient (Wildman–Crippen LogP) is 2.24. The van der Waals surface area contributed by atoms with Crippen LogP contribution in [0.2, 0.25) is 0 Å². The number of carbonyl (C=O) groups is 2. The highest BCUT2D eigenvalue weighted by Gasteiger charge is 2.53. The molecule has 0 radical (unpaired) electrons. The Morgan fingerprint density at radius 2 is 2.12 bits per heavy atom. The summed E-state index contributed by atoms with van der Waals surface area (Å²) < 4.78 is 10.7. The Morgan fingerprint density at radius 3 is 2.82 bits per heavy atom. The Labute approximate surface area is 199 Å². The molecule has 0 saturated carbocycles. The lowest BCUT2D eigenvalue weighted by atomic mass is 9.78. The highest BCUT2D eigenvalue weighted by atomic mass is 16.5. The first-order chi connectivity index (χ1) is 16.1. The van der Waals surface area contributed by atoms with Gasteiger partial charge in [-0.2, -0.15) is 0 Å². The molecular formula is C25H32N4O5. The molecule has 9 nitrogen and oxygen atoms in total. The van der Waals surface area contributed by atoms with E-state index in [2.05, 4.69) is 53.8 Å². The van der Waals surface area contributed by atoms with Crippen molar-refractivity contribution in [3.63, 3.8) is 0 Å². The summed E-state index contributed by atoms with van der Waals surface area (Å²) in [6.45, 7) is 6.91. The van der Waals surface area contributed by atoms with Gasteiger partial charge in [0.2, 0.25) is 17.7 Å². The molecule has 2 aliphatic rings. The van der Waals surface area contributed by atoms with E-state index in [1.165, 1.54) is 18.9 Å². The molecule has 0 aliphatic carbocycles. The molecule has 1 fully saturated rings. The zero-order valence-electron chi connectivity index (χ0n) is 20.0. The third-order valence-corrected chi connectivity index (χ3v) is 6.20. The molecule has 182 valence electrons. The topological polar surface area (TPSA) is 122 Å². The van der Waals surface area contributed by atoms with Crippen LogP contribution in [0.4, 0.5) is 11.4 Å². The van der Waals surface area contributed by atoms with Gasteiger partial charge in [-0.05, 0) is 35.4 Å². The Balaban J connectivity index is 1.51. The first-order valence-electron chi connectivity index (χ1n) is 11.4. The van der Waals surface area contributed by atoms with Crippen LogP contribution >= 0.6 is 0 Å². The summed E-state index contributed by atoms with van der Waals surface area (Å²) in [5, 5.41) is 18.0. The van der Waals surface area contributed by atoms with E-state index in [1.54, 1.807) is 6.07 Å². The number of rotatable bonds is 7. The van der Waals surface area contributed by atoms with Gasteiger partial charge in [0.25, 0.3) is 0 Å². The minimum absolute atomic E-state index is 0.0807. The van der Waals surface area contributed by atoms with Crippen molar-refractivity contribution < 1.29 is 24.2 Å². The predicted molar refractivity (Wildman–Crippen MR) is 128 cm³/mol. The van der Waals surface area contributed by atoms with Crippen LogP contribution < -0.4 is 25.4 Å². The van der Waals surface area contributed by atoms with E-state index in [0.717, 1.165) is 17.7 Å². The monoisotopic (exact) mass is 468 g/mol. The van der Waals surface area contributed by atoms with Crippen molar-refractivity contribution in [3.05, 3.63) is 41.6 Å². The number of hydrogen-bond acceptors (Lipinski definition) is 7. The average molecular weight is 469 g/mol. The number of carbonyl (C=O) groups excluding carboxylic acids is 2. The molecular weight excluding hydrogens is 436 g/mol. The third kappa shape index (κ3) is 4.71. The molecule has 1 spiro atoms. The van der Waals surface area contributed by atoms with Gasteiger partial charge in [-0.25, -0.2) is 4.98 Å². The van der Waals surface area contributed by atoms with Gasteiger partial charge in [0.05, 0.1) is 31.4 Å². The fourth-order valence-electron chi connectivity index (χ4n) is 4.67. The fraction of sp³-hybridized carbons (Fsp3) is 0.480. The van der Waals surface area contributed by atoms with Gasteiger partial charge in [0, 0.05) is 18.3 Å². The fourth-order valence-corrected chi connectivity index (χ4v) is 4.67. The minimum atomic E-state index is -0.782. The molecule has 2 amide bonds. The second-order valence-electron chi connectivity index (χ2n) is 10.1. The van der Waals surface area contributed by atoms with E-state index in [9.17, 15) is 9.59 Å². The number of hydrogen-bond donors (Lipinski definition) is 4. The molecule has 34 heavy (non-hydrogen) atoms. The van der Waals surface area contributed by atoms with E-state index in [0.29, 0.717) is 24.4 Å². The van der Waals surface area contributed by atoms with Gasteiger partial charge < -0.3 is 30.5 Å². The number of pyridine rings is 1. The van der Waals surface area contributed by atoms with Crippen molar-refractivity contribution in [2.24, 2.45) is 5.41 Å². The lowest BCUT2D eigenvalue weighted by molar-refractivity contribution is -0.120. The Hall–Kier alpha value is -3.17. The van der Waals surface area contributed by atoms with E-state index in [1.807, 2.05) is 6.07 Å². The van der Waals surface area contributed by atoms with Crippen LogP contribution in [-0.2, 0) is 21.4 Å². The summed E-state index contributed by atoms with van der Waals surface area (Å²) in [6, 6.07) is 7.12. The standard InChI is InChI=1S/C25H32N4O5/c1-24(2,3)11-15-5-6-17-16(9-15)25(23(32)29-17)12-18(27-14-25)22(31)28-19-13-26-21(34-8-7-30)10-20(19)33-4/h5-6,9-10,13,18,27,30H,7-8,11-12,14H2,1-4H3,(H,28,31)(H,29,32). The average Bonchev–Trinajstić information content (AvgIpc) is 3.35. The zero-order valence-corrected chi connectivity index (χ0v) is 20.0. The summed E-state index contributed by atoms with van der Waals surface area (Å²) >= 11 is 0. The van der Waals surface area contributed by atoms with Crippen LogP contribution in [0.5, 0.6) is 11.6 Å². The maximum atomic E-state index is 13.1. The van der Waals surface area contributed by atoms with Gasteiger partial charge in [-0.1, -0.05) is 32.9 Å². The quantitative estimate of drug-likeness (QED) is 0.492. The molecule has 2 aliphatic heterocycles. The number of fused-ring (bicyclic) bond motifs is 2. The largest absolute Gasteiger partial charge is 0.494 e. The number of amides is 2. The SMILES string of the molecule is COc1cc(OCCO)ncc1NC(=O)C1CC2(CN1)C(=O)Nc1ccc(CC(C)(C)C)cc12. The molecule has 1 aromatic carbocycles. The molecule has 1 aromatic heterocycles. The smallest absolute Gasteiger partial charge is 0.241 e. The summed E-state index contributed by atoms with van der Waals surface area (Å²) in [5.74, 6) is 0.322. The van der Waals surface area contributed by atoms with Crippen molar-refractivity contribution in [1.82, 2.24) is 10.3 Å². The van der Waals surface area contributed by atoms with Crippen LogP contribution in [0.1, 0.15) is 38.3 Å². The molecule has 4 rings (SSSR count). The van der Waals surface area contributed by atoms with E-state index >= 15 is 0 Å². The third-order valence-electron chi connectivity index (χ3n) is 6.20. The highest BCUT2D eigenvalue weighted by Crippen LogP contribution is 2.44. The Morgan fingerprint density at radius 1 is 1.32 bits per heavy atom. The number of aliphatic hydroxyl groups excluding tert-OH is 1.